The summed E-state index contributed by atoms with van der Waals surface area (Å²) in [5, 5.41) is 2.86. The number of fused-ring (bicyclic) bond motifs is 1. The molecule has 7 heteroatoms. The van der Waals surface area contributed by atoms with E-state index in [0.717, 1.165) is 40.2 Å². The number of esters is 1. The second-order valence-electron chi connectivity index (χ2n) is 7.72. The van der Waals surface area contributed by atoms with Gasteiger partial charge in [-0.15, -0.1) is 0 Å². The highest BCUT2D eigenvalue weighted by atomic mass is 16.5. The van der Waals surface area contributed by atoms with Crippen molar-refractivity contribution < 1.29 is 14.3 Å². The number of ether oxygens (including phenoxy) is 1. The Kier molecular flexibility index (Phi) is 5.44. The second kappa shape index (κ2) is 8.70. The maximum atomic E-state index is 12.1. The fourth-order valence-electron chi connectivity index (χ4n) is 3.90. The molecule has 4 aromatic rings. The fourth-order valence-corrected chi connectivity index (χ4v) is 3.90. The summed E-state index contributed by atoms with van der Waals surface area (Å²) in [5.41, 5.74) is 6.60. The molecule has 2 aromatic heterocycles. The summed E-state index contributed by atoms with van der Waals surface area (Å²) in [6.07, 6.45) is 2.50. The van der Waals surface area contributed by atoms with Gasteiger partial charge in [-0.25, -0.2) is 14.8 Å². The fraction of sp³-hybridized carbons (Fsp3) is 0.154. The first-order chi connectivity index (χ1) is 16.1. The second-order valence-corrected chi connectivity index (χ2v) is 7.72. The summed E-state index contributed by atoms with van der Waals surface area (Å²) in [7, 11) is 0. The molecule has 0 bridgehead atoms. The maximum absolute atomic E-state index is 12.1. The first kappa shape index (κ1) is 20.6. The Morgan fingerprint density at radius 2 is 1.70 bits per heavy atom. The molecular weight excluding hydrogens is 416 g/mol. The number of nitrogens with zero attached hydrogens (tertiary/aromatic N) is 2. The van der Waals surface area contributed by atoms with Gasteiger partial charge in [0.1, 0.15) is 0 Å². The van der Waals surface area contributed by atoms with Crippen LogP contribution in [0.5, 0.6) is 0 Å². The average Bonchev–Trinajstić information content (AvgIpc) is 3.31. The molecule has 0 saturated heterocycles. The van der Waals surface area contributed by atoms with Crippen molar-refractivity contribution >= 4 is 11.9 Å². The number of H-pyrrole nitrogens is 1. The average molecular weight is 438 g/mol. The molecule has 2 N–H and O–H groups in total. The Morgan fingerprint density at radius 1 is 1.00 bits per heavy atom. The Morgan fingerprint density at radius 3 is 2.39 bits per heavy atom. The molecule has 7 nitrogen and oxygen atoms in total. The van der Waals surface area contributed by atoms with Crippen molar-refractivity contribution in [1.82, 2.24) is 20.3 Å². The van der Waals surface area contributed by atoms with Crippen molar-refractivity contribution in [2.45, 2.75) is 13.3 Å². The number of aromatic nitrogens is 3. The Hall–Kier alpha value is -4.26. The van der Waals surface area contributed by atoms with E-state index in [0.29, 0.717) is 30.1 Å². The summed E-state index contributed by atoms with van der Waals surface area (Å²) in [5.74, 6) is 0.229. The molecule has 164 valence electrons. The standard InChI is InChI=1S/C26H22N4O3/c1-2-33-26(32)19-9-5-17(6-10-19)16-3-7-18(8-4-16)24-27-13-12-22(30-24)23-15-20-21(29-23)11-14-28-25(20)31/h3-10,12-13,15,29H,2,11,14H2,1H3,(H,28,31). The number of carbonyl (C=O) groups excluding carboxylic acids is 2. The topological polar surface area (TPSA) is 97.0 Å². The number of amides is 1. The minimum absolute atomic E-state index is 0.0566. The van der Waals surface area contributed by atoms with Gasteiger partial charge < -0.3 is 15.0 Å². The lowest BCUT2D eigenvalue weighted by Crippen LogP contribution is -2.31. The molecular formula is C26H22N4O3. The summed E-state index contributed by atoms with van der Waals surface area (Å²) in [4.78, 5) is 36.4. The zero-order valence-corrected chi connectivity index (χ0v) is 18.1. The van der Waals surface area contributed by atoms with E-state index in [9.17, 15) is 9.59 Å². The van der Waals surface area contributed by atoms with Crippen molar-refractivity contribution in [1.29, 1.82) is 0 Å². The lowest BCUT2D eigenvalue weighted by molar-refractivity contribution is 0.0526. The highest BCUT2D eigenvalue weighted by molar-refractivity contribution is 5.97. The number of nitrogens with one attached hydrogen (secondary N) is 2. The number of hydrogen-bond acceptors (Lipinski definition) is 5. The van der Waals surface area contributed by atoms with Crippen LogP contribution in [0.3, 0.4) is 0 Å². The van der Waals surface area contributed by atoms with Gasteiger partial charge in [0.2, 0.25) is 0 Å². The van der Waals surface area contributed by atoms with Crippen molar-refractivity contribution in [3.8, 4) is 33.9 Å². The predicted octanol–water partition coefficient (Wildman–Crippen LogP) is 4.27. The molecule has 0 aliphatic carbocycles. The summed E-state index contributed by atoms with van der Waals surface area (Å²) >= 11 is 0. The first-order valence-electron chi connectivity index (χ1n) is 10.8. The van der Waals surface area contributed by atoms with Gasteiger partial charge in [0.15, 0.2) is 5.82 Å². The van der Waals surface area contributed by atoms with Gasteiger partial charge in [-0.05, 0) is 42.3 Å². The Bertz CT molecular complexity index is 1320. The lowest BCUT2D eigenvalue weighted by Gasteiger charge is -2.10. The Labute approximate surface area is 190 Å². The number of rotatable bonds is 5. The van der Waals surface area contributed by atoms with E-state index in [-0.39, 0.29) is 11.9 Å². The largest absolute Gasteiger partial charge is 0.462 e. The molecule has 1 amide bonds. The zero-order valence-electron chi connectivity index (χ0n) is 18.1. The molecule has 0 radical (unpaired) electrons. The van der Waals surface area contributed by atoms with Crippen LogP contribution in [0.25, 0.3) is 33.9 Å². The number of benzene rings is 2. The molecule has 0 unspecified atom stereocenters. The van der Waals surface area contributed by atoms with Crippen LogP contribution >= 0.6 is 0 Å². The van der Waals surface area contributed by atoms with E-state index in [4.69, 9.17) is 9.72 Å². The van der Waals surface area contributed by atoms with Crippen LogP contribution in [-0.4, -0.2) is 40.0 Å². The molecule has 3 heterocycles. The van der Waals surface area contributed by atoms with Crippen LogP contribution in [-0.2, 0) is 11.2 Å². The monoisotopic (exact) mass is 438 g/mol. The molecule has 1 aliphatic rings. The highest BCUT2D eigenvalue weighted by Crippen LogP contribution is 2.26. The third kappa shape index (κ3) is 4.13. The van der Waals surface area contributed by atoms with Crippen LogP contribution in [0.15, 0.2) is 66.9 Å². The third-order valence-corrected chi connectivity index (χ3v) is 5.61. The molecule has 5 rings (SSSR count). The van der Waals surface area contributed by atoms with Gasteiger partial charge in [0, 0.05) is 30.4 Å². The maximum Gasteiger partial charge on any atom is 0.338 e. The first-order valence-corrected chi connectivity index (χ1v) is 10.8. The smallest absolute Gasteiger partial charge is 0.338 e. The van der Waals surface area contributed by atoms with Gasteiger partial charge in [0.05, 0.1) is 29.1 Å². The van der Waals surface area contributed by atoms with Gasteiger partial charge >= 0.3 is 5.97 Å². The van der Waals surface area contributed by atoms with Gasteiger partial charge in [-0.3, -0.25) is 4.79 Å². The van der Waals surface area contributed by atoms with E-state index < -0.39 is 0 Å². The van der Waals surface area contributed by atoms with E-state index in [1.54, 1.807) is 25.3 Å². The molecule has 0 fully saturated rings. The molecule has 0 atom stereocenters. The highest BCUT2D eigenvalue weighted by Gasteiger charge is 2.20. The zero-order chi connectivity index (χ0) is 22.8. The Balaban J connectivity index is 1.38. The summed E-state index contributed by atoms with van der Waals surface area (Å²) < 4.78 is 5.03. The number of carbonyl (C=O) groups is 2. The minimum atomic E-state index is -0.319. The van der Waals surface area contributed by atoms with E-state index in [1.807, 2.05) is 48.5 Å². The lowest BCUT2D eigenvalue weighted by atomic mass is 10.0. The van der Waals surface area contributed by atoms with Crippen LogP contribution in [0.2, 0.25) is 0 Å². The van der Waals surface area contributed by atoms with Crippen molar-refractivity contribution in [3.63, 3.8) is 0 Å². The number of aromatic amines is 1. The van der Waals surface area contributed by atoms with Crippen LogP contribution in [0, 0.1) is 0 Å². The SMILES string of the molecule is CCOC(=O)c1ccc(-c2ccc(-c3nccc(-c4cc5c([nH]4)CCNC5=O)n3)cc2)cc1. The molecule has 33 heavy (non-hydrogen) atoms. The third-order valence-electron chi connectivity index (χ3n) is 5.61. The van der Waals surface area contributed by atoms with Crippen LogP contribution in [0.1, 0.15) is 33.3 Å². The van der Waals surface area contributed by atoms with E-state index in [2.05, 4.69) is 15.3 Å². The molecule has 0 spiro atoms. The molecule has 0 saturated carbocycles. The molecule has 1 aliphatic heterocycles. The van der Waals surface area contributed by atoms with E-state index >= 15 is 0 Å². The quantitative estimate of drug-likeness (QED) is 0.454. The van der Waals surface area contributed by atoms with Gasteiger partial charge in [-0.1, -0.05) is 36.4 Å². The van der Waals surface area contributed by atoms with Gasteiger partial charge in [-0.2, -0.15) is 0 Å². The van der Waals surface area contributed by atoms with Crippen molar-refractivity contribution in [2.24, 2.45) is 0 Å². The number of hydrogen-bond donors (Lipinski definition) is 2. The minimum Gasteiger partial charge on any atom is -0.462 e. The molecule has 2 aromatic carbocycles. The van der Waals surface area contributed by atoms with Crippen molar-refractivity contribution in [3.05, 3.63) is 83.7 Å². The normalized spacial score (nSPS) is 12.7. The van der Waals surface area contributed by atoms with Gasteiger partial charge in [0.25, 0.3) is 5.91 Å². The summed E-state index contributed by atoms with van der Waals surface area (Å²) in [6, 6.07) is 19.0. The van der Waals surface area contributed by atoms with Crippen LogP contribution < -0.4 is 5.32 Å². The van der Waals surface area contributed by atoms with Crippen LogP contribution in [0.4, 0.5) is 0 Å². The van der Waals surface area contributed by atoms with Crippen molar-refractivity contribution in [2.75, 3.05) is 13.2 Å². The van der Waals surface area contributed by atoms with E-state index in [1.165, 1.54) is 0 Å². The summed E-state index contributed by atoms with van der Waals surface area (Å²) in [6.45, 7) is 2.78. The predicted molar refractivity (Wildman–Crippen MR) is 125 cm³/mol.